The summed E-state index contributed by atoms with van der Waals surface area (Å²) >= 11 is 13.8. The third-order valence-electron chi connectivity index (χ3n) is 5.10. The van der Waals surface area contributed by atoms with Crippen LogP contribution < -0.4 is 0 Å². The first-order valence-electron chi connectivity index (χ1n) is 10.0. The van der Waals surface area contributed by atoms with Crippen molar-refractivity contribution in [2.75, 3.05) is 32.1 Å². The van der Waals surface area contributed by atoms with Crippen molar-refractivity contribution in [2.45, 2.75) is 5.03 Å². The number of hydrogen-bond acceptors (Lipinski definition) is 5. The van der Waals surface area contributed by atoms with Crippen LogP contribution in [-0.2, 0) is 9.53 Å². The predicted octanol–water partition coefficient (Wildman–Crippen LogP) is 5.54. The molecule has 1 aliphatic heterocycles. The topological polar surface area (TPSA) is 66.2 Å². The molecule has 1 saturated heterocycles. The molecular formula is C24H19Cl2N3O2S. The number of aromatic nitrogens is 1. The van der Waals surface area contributed by atoms with Crippen LogP contribution >= 0.6 is 35.0 Å². The van der Waals surface area contributed by atoms with E-state index in [-0.39, 0.29) is 11.7 Å². The number of ether oxygens (including phenoxy) is 1. The third kappa shape index (κ3) is 5.08. The summed E-state index contributed by atoms with van der Waals surface area (Å²) in [6, 6.07) is 18.8. The Morgan fingerprint density at radius 1 is 1.09 bits per heavy atom. The molecule has 0 bridgehead atoms. The van der Waals surface area contributed by atoms with Gasteiger partial charge in [-0.2, -0.15) is 5.26 Å². The molecule has 1 aromatic heterocycles. The molecule has 0 atom stereocenters. The van der Waals surface area contributed by atoms with Gasteiger partial charge in [-0.3, -0.25) is 4.79 Å². The second-order valence-electron chi connectivity index (χ2n) is 7.12. The number of pyridine rings is 1. The monoisotopic (exact) mass is 483 g/mol. The van der Waals surface area contributed by atoms with Crippen LogP contribution in [0.3, 0.4) is 0 Å². The van der Waals surface area contributed by atoms with Crippen molar-refractivity contribution < 1.29 is 9.53 Å². The van der Waals surface area contributed by atoms with Crippen molar-refractivity contribution in [3.63, 3.8) is 0 Å². The van der Waals surface area contributed by atoms with Gasteiger partial charge in [-0.1, -0.05) is 65.3 Å². The molecule has 3 aromatic rings. The zero-order chi connectivity index (χ0) is 22.5. The van der Waals surface area contributed by atoms with E-state index in [1.807, 2.05) is 36.4 Å². The molecule has 0 spiro atoms. The highest BCUT2D eigenvalue weighted by atomic mass is 35.5. The van der Waals surface area contributed by atoms with Gasteiger partial charge in [0.15, 0.2) is 0 Å². The Hall–Kier alpha value is -2.56. The van der Waals surface area contributed by atoms with E-state index in [9.17, 15) is 10.1 Å². The van der Waals surface area contributed by atoms with E-state index in [2.05, 4.69) is 6.07 Å². The second kappa shape index (κ2) is 10.4. The normalized spacial score (nSPS) is 13.6. The Balaban J connectivity index is 1.75. The standard InChI is InChI=1S/C24H19Cl2N3O2S/c25-17-7-5-16(6-8-17)22-13-19(18-3-1-2-4-21(18)26)20(14-27)24(28-22)32-15-23(30)29-9-11-31-12-10-29/h1-8,13H,9-12,15H2. The molecule has 0 saturated carbocycles. The number of thioether (sulfide) groups is 1. The first-order valence-corrected chi connectivity index (χ1v) is 11.8. The van der Waals surface area contributed by atoms with E-state index in [0.717, 1.165) is 11.1 Å². The van der Waals surface area contributed by atoms with Crippen molar-refractivity contribution >= 4 is 40.9 Å². The van der Waals surface area contributed by atoms with Gasteiger partial charge in [0.25, 0.3) is 0 Å². The summed E-state index contributed by atoms with van der Waals surface area (Å²) in [5.41, 5.74) is 3.35. The molecule has 0 radical (unpaired) electrons. The minimum atomic E-state index is 0.000166. The highest BCUT2D eigenvalue weighted by molar-refractivity contribution is 8.00. The number of hydrogen-bond donors (Lipinski definition) is 0. The lowest BCUT2D eigenvalue weighted by atomic mass is 9.99. The van der Waals surface area contributed by atoms with E-state index >= 15 is 0 Å². The molecule has 0 aliphatic carbocycles. The Bertz CT molecular complexity index is 1170. The Morgan fingerprint density at radius 2 is 1.81 bits per heavy atom. The molecule has 32 heavy (non-hydrogen) atoms. The van der Waals surface area contributed by atoms with Gasteiger partial charge >= 0.3 is 0 Å². The summed E-state index contributed by atoms with van der Waals surface area (Å²) in [5, 5.41) is 11.6. The summed E-state index contributed by atoms with van der Waals surface area (Å²) in [5.74, 6) is 0.188. The number of halogens is 2. The smallest absolute Gasteiger partial charge is 0.233 e. The fourth-order valence-electron chi connectivity index (χ4n) is 3.43. The lowest BCUT2D eigenvalue weighted by molar-refractivity contribution is -0.132. The first kappa shape index (κ1) is 22.6. The summed E-state index contributed by atoms with van der Waals surface area (Å²) in [4.78, 5) is 19.2. The molecule has 8 heteroatoms. The van der Waals surface area contributed by atoms with Crippen LogP contribution in [0, 0.1) is 11.3 Å². The van der Waals surface area contributed by atoms with E-state index in [1.165, 1.54) is 11.8 Å². The molecule has 1 amide bonds. The molecule has 0 N–H and O–H groups in total. The van der Waals surface area contributed by atoms with Crippen LogP contribution in [0.15, 0.2) is 59.6 Å². The maximum atomic E-state index is 12.7. The average molecular weight is 484 g/mol. The molecular weight excluding hydrogens is 465 g/mol. The zero-order valence-electron chi connectivity index (χ0n) is 17.1. The predicted molar refractivity (Wildman–Crippen MR) is 128 cm³/mol. The van der Waals surface area contributed by atoms with E-state index < -0.39 is 0 Å². The number of nitriles is 1. The summed E-state index contributed by atoms with van der Waals surface area (Å²) in [6.45, 7) is 2.24. The fourth-order valence-corrected chi connectivity index (χ4v) is 4.70. The number of amides is 1. The summed E-state index contributed by atoms with van der Waals surface area (Å²) in [6.07, 6.45) is 0. The van der Waals surface area contributed by atoms with Gasteiger partial charge in [-0.15, -0.1) is 0 Å². The summed E-state index contributed by atoms with van der Waals surface area (Å²) < 4.78 is 5.32. The van der Waals surface area contributed by atoms with Crippen LogP contribution in [0.4, 0.5) is 0 Å². The molecule has 0 unspecified atom stereocenters. The van der Waals surface area contributed by atoms with Crippen molar-refractivity contribution in [3.8, 4) is 28.5 Å². The van der Waals surface area contributed by atoms with Crippen molar-refractivity contribution in [3.05, 3.63) is 70.2 Å². The first-order chi connectivity index (χ1) is 15.6. The minimum absolute atomic E-state index is 0.000166. The number of carbonyl (C=O) groups excluding carboxylic acids is 1. The van der Waals surface area contributed by atoms with E-state index in [4.69, 9.17) is 32.9 Å². The number of carbonyl (C=O) groups is 1. The number of nitrogens with zero attached hydrogens (tertiary/aromatic N) is 3. The number of morpholine rings is 1. The lowest BCUT2D eigenvalue weighted by Crippen LogP contribution is -2.41. The quantitative estimate of drug-likeness (QED) is 0.445. The highest BCUT2D eigenvalue weighted by Gasteiger charge is 2.21. The van der Waals surface area contributed by atoms with Gasteiger partial charge in [-0.25, -0.2) is 4.98 Å². The van der Waals surface area contributed by atoms with Gasteiger partial charge in [0.1, 0.15) is 11.1 Å². The Labute approximate surface area is 200 Å². The zero-order valence-corrected chi connectivity index (χ0v) is 19.4. The molecule has 5 nitrogen and oxygen atoms in total. The van der Waals surface area contributed by atoms with Gasteiger partial charge < -0.3 is 9.64 Å². The van der Waals surface area contributed by atoms with Gasteiger partial charge in [0.2, 0.25) is 5.91 Å². The van der Waals surface area contributed by atoms with Crippen LogP contribution in [-0.4, -0.2) is 47.8 Å². The van der Waals surface area contributed by atoms with Crippen molar-refractivity contribution in [1.82, 2.24) is 9.88 Å². The third-order valence-corrected chi connectivity index (χ3v) is 6.64. The second-order valence-corrected chi connectivity index (χ2v) is 8.92. The number of benzene rings is 2. The average Bonchev–Trinajstić information content (AvgIpc) is 2.83. The summed E-state index contributed by atoms with van der Waals surface area (Å²) in [7, 11) is 0. The molecule has 2 aromatic carbocycles. The largest absolute Gasteiger partial charge is 0.378 e. The van der Waals surface area contributed by atoms with E-state index in [0.29, 0.717) is 58.2 Å². The highest BCUT2D eigenvalue weighted by Crippen LogP contribution is 2.37. The number of rotatable bonds is 5. The lowest BCUT2D eigenvalue weighted by Gasteiger charge is -2.26. The van der Waals surface area contributed by atoms with Gasteiger partial charge in [-0.05, 0) is 24.3 Å². The van der Waals surface area contributed by atoms with Crippen LogP contribution in [0.1, 0.15) is 5.56 Å². The fraction of sp³-hybridized carbons (Fsp3) is 0.208. The molecule has 2 heterocycles. The van der Waals surface area contributed by atoms with Crippen LogP contribution in [0.5, 0.6) is 0 Å². The Kier molecular flexibility index (Phi) is 7.33. The molecule has 1 fully saturated rings. The van der Waals surface area contributed by atoms with E-state index in [1.54, 1.807) is 23.1 Å². The molecule has 162 valence electrons. The van der Waals surface area contributed by atoms with Crippen LogP contribution in [0.2, 0.25) is 10.0 Å². The molecule has 1 aliphatic rings. The van der Waals surface area contributed by atoms with Crippen LogP contribution in [0.25, 0.3) is 22.4 Å². The Morgan fingerprint density at radius 3 is 2.50 bits per heavy atom. The van der Waals surface area contributed by atoms with Gasteiger partial charge in [0.05, 0.1) is 30.2 Å². The molecule has 4 rings (SSSR count). The minimum Gasteiger partial charge on any atom is -0.378 e. The maximum absolute atomic E-state index is 12.7. The van der Waals surface area contributed by atoms with Crippen molar-refractivity contribution in [2.24, 2.45) is 0 Å². The maximum Gasteiger partial charge on any atom is 0.233 e. The van der Waals surface area contributed by atoms with Crippen molar-refractivity contribution in [1.29, 1.82) is 5.26 Å². The van der Waals surface area contributed by atoms with Gasteiger partial charge in [0, 0.05) is 39.8 Å². The SMILES string of the molecule is N#Cc1c(-c2ccccc2Cl)cc(-c2ccc(Cl)cc2)nc1SCC(=O)N1CCOCC1.